The summed E-state index contributed by atoms with van der Waals surface area (Å²) in [7, 11) is 1.61. The van der Waals surface area contributed by atoms with Crippen molar-refractivity contribution in [2.75, 3.05) is 7.11 Å². The molecule has 28 heavy (non-hydrogen) atoms. The third-order valence-electron chi connectivity index (χ3n) is 4.49. The highest BCUT2D eigenvalue weighted by Gasteiger charge is 2.14. The number of methoxy groups -OCH3 is 1. The Hall–Kier alpha value is -3.37. The number of nitrogens with zero attached hydrogens (tertiary/aromatic N) is 2. The second-order valence-electron chi connectivity index (χ2n) is 6.21. The van der Waals surface area contributed by atoms with Gasteiger partial charge in [-0.3, -0.25) is 14.3 Å². The van der Waals surface area contributed by atoms with E-state index in [0.717, 1.165) is 22.7 Å². The molecule has 0 fully saturated rings. The lowest BCUT2D eigenvalue weighted by atomic mass is 10.0. The largest absolute Gasteiger partial charge is 0.497 e. The van der Waals surface area contributed by atoms with E-state index in [-0.39, 0.29) is 5.56 Å². The summed E-state index contributed by atoms with van der Waals surface area (Å²) in [6, 6.07) is 22.2. The van der Waals surface area contributed by atoms with Crippen molar-refractivity contribution in [3.05, 3.63) is 101 Å². The molecule has 4 aromatic rings. The van der Waals surface area contributed by atoms with Crippen LogP contribution in [0, 0.1) is 0 Å². The Balaban J connectivity index is 1.98. The van der Waals surface area contributed by atoms with Gasteiger partial charge in [-0.2, -0.15) is 0 Å². The molecule has 0 aliphatic rings. The smallest absolute Gasteiger partial charge is 0.263 e. The van der Waals surface area contributed by atoms with Crippen LogP contribution in [0.4, 0.5) is 0 Å². The van der Waals surface area contributed by atoms with Crippen LogP contribution >= 0.6 is 11.6 Å². The Bertz CT molecular complexity index is 1170. The molecule has 0 atom stereocenters. The minimum Gasteiger partial charge on any atom is -0.497 e. The third kappa shape index (κ3) is 3.42. The maximum Gasteiger partial charge on any atom is 0.263 e. The van der Waals surface area contributed by atoms with E-state index in [1.54, 1.807) is 30.1 Å². The minimum atomic E-state index is -0.155. The number of rotatable bonds is 4. The summed E-state index contributed by atoms with van der Waals surface area (Å²) in [5.41, 5.74) is 3.39. The van der Waals surface area contributed by atoms with E-state index in [9.17, 15) is 4.79 Å². The van der Waals surface area contributed by atoms with Gasteiger partial charge in [-0.15, -0.1) is 0 Å². The van der Waals surface area contributed by atoms with Crippen LogP contribution in [-0.4, -0.2) is 16.7 Å². The molecule has 4 nitrogen and oxygen atoms in total. The molecule has 0 aliphatic heterocycles. The molecule has 138 valence electrons. The maximum atomic E-state index is 13.3. The molecule has 4 rings (SSSR count). The van der Waals surface area contributed by atoms with Crippen molar-refractivity contribution >= 4 is 11.6 Å². The lowest BCUT2D eigenvalue weighted by Crippen LogP contribution is -2.20. The highest BCUT2D eigenvalue weighted by Crippen LogP contribution is 2.29. The van der Waals surface area contributed by atoms with Gasteiger partial charge in [-0.25, -0.2) is 0 Å². The summed E-state index contributed by atoms with van der Waals surface area (Å²) in [5, 5.41) is 0.527. The topological polar surface area (TPSA) is 44.1 Å². The molecule has 0 aliphatic carbocycles. The zero-order chi connectivity index (χ0) is 19.5. The van der Waals surface area contributed by atoms with Crippen LogP contribution in [0.1, 0.15) is 0 Å². The van der Waals surface area contributed by atoms with Crippen molar-refractivity contribution in [3.8, 4) is 33.8 Å². The summed E-state index contributed by atoms with van der Waals surface area (Å²) in [5.74, 6) is 0.726. The zero-order valence-corrected chi connectivity index (χ0v) is 15.9. The Kier molecular flexibility index (Phi) is 4.96. The summed E-state index contributed by atoms with van der Waals surface area (Å²) >= 11 is 6.39. The molecule has 0 radical (unpaired) electrons. The fourth-order valence-electron chi connectivity index (χ4n) is 3.06. The van der Waals surface area contributed by atoms with E-state index in [0.29, 0.717) is 16.1 Å². The molecule has 0 amide bonds. The van der Waals surface area contributed by atoms with Crippen LogP contribution in [0.5, 0.6) is 5.75 Å². The monoisotopic (exact) mass is 388 g/mol. The van der Waals surface area contributed by atoms with Crippen molar-refractivity contribution in [3.63, 3.8) is 0 Å². The molecule has 0 saturated carbocycles. The molecule has 2 heterocycles. The van der Waals surface area contributed by atoms with Crippen LogP contribution in [0.25, 0.3) is 28.1 Å². The van der Waals surface area contributed by atoms with Crippen LogP contribution in [-0.2, 0) is 0 Å². The summed E-state index contributed by atoms with van der Waals surface area (Å²) in [6.45, 7) is 0. The number of benzene rings is 2. The number of hydrogen-bond acceptors (Lipinski definition) is 3. The molecule has 0 saturated heterocycles. The Morgan fingerprint density at radius 3 is 2.36 bits per heavy atom. The molecule has 5 heteroatoms. The van der Waals surface area contributed by atoms with Crippen molar-refractivity contribution in [1.82, 2.24) is 9.55 Å². The zero-order valence-electron chi connectivity index (χ0n) is 15.2. The van der Waals surface area contributed by atoms with E-state index in [1.165, 1.54) is 0 Å². The van der Waals surface area contributed by atoms with Crippen LogP contribution in [0.15, 0.2) is 90.0 Å². The van der Waals surface area contributed by atoms with Gasteiger partial charge in [0.2, 0.25) is 0 Å². The molecule has 2 aromatic heterocycles. The van der Waals surface area contributed by atoms with Gasteiger partial charge in [0.1, 0.15) is 5.75 Å². The molecule has 0 bridgehead atoms. The summed E-state index contributed by atoms with van der Waals surface area (Å²) < 4.78 is 6.84. The molecular weight excluding hydrogens is 372 g/mol. The van der Waals surface area contributed by atoms with Crippen molar-refractivity contribution in [2.45, 2.75) is 0 Å². The number of pyridine rings is 2. The van der Waals surface area contributed by atoms with Gasteiger partial charge in [0.25, 0.3) is 5.56 Å². The highest BCUT2D eigenvalue weighted by atomic mass is 35.5. The van der Waals surface area contributed by atoms with E-state index in [1.807, 2.05) is 66.7 Å². The predicted octanol–water partition coefficient (Wildman–Crippen LogP) is 5.23. The van der Waals surface area contributed by atoms with Crippen molar-refractivity contribution < 1.29 is 4.74 Å². The van der Waals surface area contributed by atoms with Crippen LogP contribution in [0.2, 0.25) is 5.02 Å². The van der Waals surface area contributed by atoms with Crippen LogP contribution in [0.3, 0.4) is 0 Å². The van der Waals surface area contributed by atoms with E-state index in [2.05, 4.69) is 4.98 Å². The quantitative estimate of drug-likeness (QED) is 0.481. The Labute approximate surface area is 167 Å². The van der Waals surface area contributed by atoms with Gasteiger partial charge < -0.3 is 4.74 Å². The van der Waals surface area contributed by atoms with Gasteiger partial charge in [0.15, 0.2) is 0 Å². The summed E-state index contributed by atoms with van der Waals surface area (Å²) in [4.78, 5) is 17.7. The highest BCUT2D eigenvalue weighted by molar-refractivity contribution is 6.33. The SMILES string of the molecule is COc1ccc(-n2cc(-c3ccccn3)cc(-c3ccccc3Cl)c2=O)cc1. The van der Waals surface area contributed by atoms with E-state index in [4.69, 9.17) is 16.3 Å². The van der Waals surface area contributed by atoms with Gasteiger partial charge in [-0.1, -0.05) is 35.9 Å². The summed E-state index contributed by atoms with van der Waals surface area (Å²) in [6.07, 6.45) is 3.53. The first-order chi connectivity index (χ1) is 13.7. The fraction of sp³-hybridized carbons (Fsp3) is 0.0435. The van der Waals surface area contributed by atoms with Gasteiger partial charge >= 0.3 is 0 Å². The molecule has 0 spiro atoms. The predicted molar refractivity (Wildman–Crippen MR) is 112 cm³/mol. The van der Waals surface area contributed by atoms with Gasteiger partial charge in [0.05, 0.1) is 12.8 Å². The van der Waals surface area contributed by atoms with Gasteiger partial charge in [-0.05, 0) is 48.5 Å². The first kappa shape index (κ1) is 18.0. The number of ether oxygens (including phenoxy) is 1. The van der Waals surface area contributed by atoms with Crippen molar-refractivity contribution in [2.24, 2.45) is 0 Å². The average molecular weight is 389 g/mol. The second kappa shape index (κ2) is 7.71. The third-order valence-corrected chi connectivity index (χ3v) is 4.82. The van der Waals surface area contributed by atoms with E-state index < -0.39 is 0 Å². The minimum absolute atomic E-state index is 0.155. The molecular formula is C23H17ClN2O2. The number of hydrogen-bond donors (Lipinski definition) is 0. The first-order valence-electron chi connectivity index (χ1n) is 8.75. The Morgan fingerprint density at radius 2 is 1.68 bits per heavy atom. The Morgan fingerprint density at radius 1 is 0.929 bits per heavy atom. The number of aromatic nitrogens is 2. The molecule has 0 unspecified atom stereocenters. The standard InChI is InChI=1S/C23H17ClN2O2/c1-28-18-11-9-17(10-12-18)26-15-16(22-8-4-5-13-25-22)14-20(23(26)27)19-6-2-3-7-21(19)24/h2-15H,1H3. The maximum absolute atomic E-state index is 13.3. The average Bonchev–Trinajstić information content (AvgIpc) is 2.75. The van der Waals surface area contributed by atoms with E-state index >= 15 is 0 Å². The normalized spacial score (nSPS) is 10.6. The first-order valence-corrected chi connectivity index (χ1v) is 9.12. The number of halogens is 1. The van der Waals surface area contributed by atoms with Gasteiger partial charge in [0, 0.05) is 39.8 Å². The fourth-order valence-corrected chi connectivity index (χ4v) is 3.30. The lowest BCUT2D eigenvalue weighted by Gasteiger charge is -2.13. The lowest BCUT2D eigenvalue weighted by molar-refractivity contribution is 0.414. The van der Waals surface area contributed by atoms with Crippen molar-refractivity contribution in [1.29, 1.82) is 0 Å². The molecule has 2 aromatic carbocycles. The second-order valence-corrected chi connectivity index (χ2v) is 6.62. The van der Waals surface area contributed by atoms with Crippen LogP contribution < -0.4 is 10.3 Å². The molecule has 0 N–H and O–H groups in total.